The first kappa shape index (κ1) is 14.5. The molecule has 4 heteroatoms. The van der Waals surface area contributed by atoms with Gasteiger partial charge in [0.1, 0.15) is 0 Å². The number of hydrogen-bond donors (Lipinski definition) is 1. The van der Waals surface area contributed by atoms with Crippen molar-refractivity contribution in [1.29, 1.82) is 0 Å². The molecule has 0 aliphatic carbocycles. The summed E-state index contributed by atoms with van der Waals surface area (Å²) in [6.45, 7) is 7.98. The van der Waals surface area contributed by atoms with Gasteiger partial charge in [-0.1, -0.05) is 24.6 Å². The monoisotopic (exact) mass is 270 g/mol. The van der Waals surface area contributed by atoms with E-state index in [9.17, 15) is 0 Å². The molecule has 0 atom stereocenters. The first-order valence-corrected chi connectivity index (χ1v) is 6.94. The van der Waals surface area contributed by atoms with Crippen LogP contribution in [0.3, 0.4) is 0 Å². The van der Waals surface area contributed by atoms with Gasteiger partial charge >= 0.3 is 0 Å². The summed E-state index contributed by atoms with van der Waals surface area (Å²) in [5.41, 5.74) is 4.63. The van der Waals surface area contributed by atoms with Gasteiger partial charge in [0.05, 0.1) is 11.9 Å². The Hall–Kier alpha value is -1.94. The van der Waals surface area contributed by atoms with E-state index < -0.39 is 0 Å². The van der Waals surface area contributed by atoms with Crippen LogP contribution in [-0.4, -0.2) is 23.6 Å². The van der Waals surface area contributed by atoms with Crippen LogP contribution in [0.25, 0.3) is 0 Å². The highest BCUT2D eigenvalue weighted by atomic mass is 15.2. The average Bonchev–Trinajstić information content (AvgIpc) is 2.45. The van der Waals surface area contributed by atoms with Crippen LogP contribution in [-0.2, 0) is 6.54 Å². The van der Waals surface area contributed by atoms with Crippen molar-refractivity contribution in [1.82, 2.24) is 15.3 Å². The van der Waals surface area contributed by atoms with Gasteiger partial charge in [0.15, 0.2) is 5.82 Å². The first-order valence-electron chi connectivity index (χ1n) is 6.94. The van der Waals surface area contributed by atoms with Gasteiger partial charge in [0.2, 0.25) is 0 Å². The summed E-state index contributed by atoms with van der Waals surface area (Å²) in [4.78, 5) is 11.0. The summed E-state index contributed by atoms with van der Waals surface area (Å²) >= 11 is 0. The molecule has 2 rings (SSSR count). The third kappa shape index (κ3) is 3.33. The maximum absolute atomic E-state index is 4.65. The minimum Gasteiger partial charge on any atom is -0.328 e. The van der Waals surface area contributed by atoms with E-state index in [1.807, 2.05) is 13.2 Å². The minimum absolute atomic E-state index is 0.748. The van der Waals surface area contributed by atoms with E-state index in [2.05, 4.69) is 59.2 Å². The highest BCUT2D eigenvalue weighted by molar-refractivity contribution is 5.62. The highest BCUT2D eigenvalue weighted by Gasteiger charge is 2.09. The third-order valence-corrected chi connectivity index (χ3v) is 3.29. The summed E-state index contributed by atoms with van der Waals surface area (Å²) in [7, 11) is 2.03. The van der Waals surface area contributed by atoms with Crippen molar-refractivity contribution in [3.8, 4) is 0 Å². The second kappa shape index (κ2) is 6.48. The fourth-order valence-electron chi connectivity index (χ4n) is 2.20. The van der Waals surface area contributed by atoms with Gasteiger partial charge in [0, 0.05) is 25.5 Å². The zero-order chi connectivity index (χ0) is 14.5. The molecule has 1 aromatic carbocycles. The van der Waals surface area contributed by atoms with Crippen molar-refractivity contribution < 1.29 is 0 Å². The molecule has 1 N–H and O–H groups in total. The van der Waals surface area contributed by atoms with E-state index in [4.69, 9.17) is 0 Å². The molecule has 106 valence electrons. The molecule has 0 unspecified atom stereocenters. The second-order valence-corrected chi connectivity index (χ2v) is 5.00. The largest absolute Gasteiger partial charge is 0.328 e. The number of nitrogens with one attached hydrogen (secondary N) is 1. The Morgan fingerprint density at radius 2 is 2.00 bits per heavy atom. The zero-order valence-corrected chi connectivity index (χ0v) is 12.6. The third-order valence-electron chi connectivity index (χ3n) is 3.29. The van der Waals surface area contributed by atoms with E-state index >= 15 is 0 Å². The van der Waals surface area contributed by atoms with Crippen molar-refractivity contribution in [3.63, 3.8) is 0 Å². The number of rotatable bonds is 5. The van der Waals surface area contributed by atoms with Crippen molar-refractivity contribution in [3.05, 3.63) is 47.4 Å². The molecule has 0 bridgehead atoms. The lowest BCUT2D eigenvalue weighted by molar-refractivity contribution is 0.707. The van der Waals surface area contributed by atoms with Crippen molar-refractivity contribution in [2.45, 2.75) is 27.3 Å². The molecule has 0 saturated heterocycles. The molecule has 0 radical (unpaired) electrons. The summed E-state index contributed by atoms with van der Waals surface area (Å²) in [6.07, 6.45) is 3.61. The SMILES string of the molecule is CCNCc1cncc(N(C)c2ccc(C)cc2C)n1. The van der Waals surface area contributed by atoms with Gasteiger partial charge in [-0.05, 0) is 32.0 Å². The predicted molar refractivity (Wildman–Crippen MR) is 83.4 cm³/mol. The predicted octanol–water partition coefficient (Wildman–Crippen LogP) is 2.97. The minimum atomic E-state index is 0.748. The smallest absolute Gasteiger partial charge is 0.151 e. The summed E-state index contributed by atoms with van der Waals surface area (Å²) in [5, 5.41) is 3.27. The normalized spacial score (nSPS) is 10.6. The molecule has 0 fully saturated rings. The zero-order valence-electron chi connectivity index (χ0n) is 12.6. The molecule has 0 aliphatic rings. The van der Waals surface area contributed by atoms with Crippen LogP contribution >= 0.6 is 0 Å². The van der Waals surface area contributed by atoms with Gasteiger partial charge in [-0.25, -0.2) is 4.98 Å². The Kier molecular flexibility index (Phi) is 4.69. The molecule has 0 spiro atoms. The van der Waals surface area contributed by atoms with Crippen molar-refractivity contribution in [2.75, 3.05) is 18.5 Å². The van der Waals surface area contributed by atoms with Gasteiger partial charge in [-0.15, -0.1) is 0 Å². The van der Waals surface area contributed by atoms with Crippen LogP contribution < -0.4 is 10.2 Å². The van der Waals surface area contributed by atoms with E-state index in [0.29, 0.717) is 0 Å². The average molecular weight is 270 g/mol. The first-order chi connectivity index (χ1) is 9.61. The van der Waals surface area contributed by atoms with E-state index in [1.54, 1.807) is 6.20 Å². The lowest BCUT2D eigenvalue weighted by Gasteiger charge is -2.21. The highest BCUT2D eigenvalue weighted by Crippen LogP contribution is 2.25. The topological polar surface area (TPSA) is 41.1 Å². The Morgan fingerprint density at radius 1 is 1.20 bits per heavy atom. The number of benzene rings is 1. The Balaban J connectivity index is 2.26. The molecule has 1 aromatic heterocycles. The maximum Gasteiger partial charge on any atom is 0.151 e. The molecule has 0 aliphatic heterocycles. The van der Waals surface area contributed by atoms with Gasteiger partial charge in [-0.3, -0.25) is 4.98 Å². The fraction of sp³-hybridized carbons (Fsp3) is 0.375. The maximum atomic E-state index is 4.65. The number of hydrogen-bond acceptors (Lipinski definition) is 4. The molecule has 4 nitrogen and oxygen atoms in total. The van der Waals surface area contributed by atoms with Crippen LogP contribution in [0.5, 0.6) is 0 Å². The quantitative estimate of drug-likeness (QED) is 0.907. The van der Waals surface area contributed by atoms with Gasteiger partial charge in [0.25, 0.3) is 0 Å². The number of anilines is 2. The van der Waals surface area contributed by atoms with Crippen LogP contribution in [0.15, 0.2) is 30.6 Å². The van der Waals surface area contributed by atoms with E-state index in [0.717, 1.165) is 30.3 Å². The Bertz CT molecular complexity index is 580. The summed E-state index contributed by atoms with van der Waals surface area (Å²) < 4.78 is 0. The standard InChI is InChI=1S/C16H22N4/c1-5-17-9-14-10-18-11-16(19-14)20(4)15-7-6-12(2)8-13(15)3/h6-8,10-11,17H,5,9H2,1-4H3. The lowest BCUT2D eigenvalue weighted by Crippen LogP contribution is -2.17. The Morgan fingerprint density at radius 3 is 2.70 bits per heavy atom. The second-order valence-electron chi connectivity index (χ2n) is 5.00. The lowest BCUT2D eigenvalue weighted by atomic mass is 10.1. The molecule has 0 amide bonds. The van der Waals surface area contributed by atoms with Gasteiger partial charge < -0.3 is 10.2 Å². The fourth-order valence-corrected chi connectivity index (χ4v) is 2.20. The van der Waals surface area contributed by atoms with Crippen molar-refractivity contribution in [2.24, 2.45) is 0 Å². The van der Waals surface area contributed by atoms with Gasteiger partial charge in [-0.2, -0.15) is 0 Å². The van der Waals surface area contributed by atoms with Crippen molar-refractivity contribution >= 4 is 11.5 Å². The van der Waals surface area contributed by atoms with E-state index in [1.165, 1.54) is 11.1 Å². The Labute approximate surface area is 120 Å². The molecular formula is C16H22N4. The number of nitrogens with zero attached hydrogens (tertiary/aromatic N) is 3. The molecule has 0 saturated carbocycles. The number of aromatic nitrogens is 2. The van der Waals surface area contributed by atoms with Crippen LogP contribution in [0.4, 0.5) is 11.5 Å². The van der Waals surface area contributed by atoms with Crippen LogP contribution in [0, 0.1) is 13.8 Å². The molecule has 1 heterocycles. The van der Waals surface area contributed by atoms with Crippen LogP contribution in [0.2, 0.25) is 0 Å². The molecule has 2 aromatic rings. The molecular weight excluding hydrogens is 248 g/mol. The summed E-state index contributed by atoms with van der Waals surface area (Å²) in [5.74, 6) is 0.868. The van der Waals surface area contributed by atoms with E-state index in [-0.39, 0.29) is 0 Å². The summed E-state index contributed by atoms with van der Waals surface area (Å²) in [6, 6.07) is 6.43. The number of aryl methyl sites for hydroxylation is 2. The van der Waals surface area contributed by atoms with Crippen LogP contribution in [0.1, 0.15) is 23.7 Å². The molecule has 20 heavy (non-hydrogen) atoms.